The predicted molar refractivity (Wildman–Crippen MR) is 99.9 cm³/mol. The summed E-state index contributed by atoms with van der Waals surface area (Å²) < 4.78 is 27.5. The van der Waals surface area contributed by atoms with Gasteiger partial charge in [0.25, 0.3) is 0 Å². The Kier molecular flexibility index (Phi) is 6.11. The highest BCUT2D eigenvalue weighted by Crippen LogP contribution is 2.32. The summed E-state index contributed by atoms with van der Waals surface area (Å²) in [6, 6.07) is 5.79. The maximum absolute atomic E-state index is 13.0. The molecule has 1 fully saturated rings. The fourth-order valence-electron chi connectivity index (χ4n) is 3.32. The van der Waals surface area contributed by atoms with Crippen molar-refractivity contribution < 1.29 is 8.42 Å². The smallest absolute Gasteiger partial charge is 0.245 e. The molecule has 6 nitrogen and oxygen atoms in total. The van der Waals surface area contributed by atoms with Gasteiger partial charge in [-0.2, -0.15) is 4.31 Å². The maximum atomic E-state index is 13.0. The number of anilines is 2. The van der Waals surface area contributed by atoms with Crippen molar-refractivity contribution in [1.82, 2.24) is 9.21 Å². The number of sulfonamides is 1. The normalized spacial score (nSPS) is 17.0. The lowest BCUT2D eigenvalue weighted by Crippen LogP contribution is -2.42. The number of rotatable bonds is 6. The number of nitrogens with zero attached hydrogens (tertiary/aromatic N) is 3. The van der Waals surface area contributed by atoms with Crippen LogP contribution in [0.5, 0.6) is 0 Å². The van der Waals surface area contributed by atoms with Gasteiger partial charge in [-0.3, -0.25) is 0 Å². The van der Waals surface area contributed by atoms with E-state index in [1.54, 1.807) is 12.1 Å². The van der Waals surface area contributed by atoms with Gasteiger partial charge in [0.15, 0.2) is 0 Å². The fraction of sp³-hybridized carbons (Fsp3) is 0.647. The van der Waals surface area contributed by atoms with Crippen LogP contribution in [-0.4, -0.2) is 63.9 Å². The van der Waals surface area contributed by atoms with Crippen LogP contribution in [0.2, 0.25) is 0 Å². The lowest BCUT2D eigenvalue weighted by atomic mass is 10.0. The molecule has 24 heavy (non-hydrogen) atoms. The van der Waals surface area contributed by atoms with E-state index in [1.807, 2.05) is 19.9 Å². The van der Waals surface area contributed by atoms with Crippen molar-refractivity contribution in [3.63, 3.8) is 0 Å². The number of nitrogen functional groups attached to an aromatic ring is 1. The first-order valence-electron chi connectivity index (χ1n) is 8.62. The lowest BCUT2D eigenvalue weighted by Gasteiger charge is -2.37. The second-order valence-corrected chi connectivity index (χ2v) is 8.40. The number of hydrogen-bond donors (Lipinski definition) is 1. The van der Waals surface area contributed by atoms with E-state index in [0.29, 0.717) is 29.7 Å². The van der Waals surface area contributed by atoms with Gasteiger partial charge in [-0.15, -0.1) is 0 Å². The van der Waals surface area contributed by atoms with Crippen molar-refractivity contribution in [1.29, 1.82) is 0 Å². The van der Waals surface area contributed by atoms with Crippen LogP contribution in [0.4, 0.5) is 11.4 Å². The monoisotopic (exact) mass is 354 g/mol. The van der Waals surface area contributed by atoms with Crippen LogP contribution in [0, 0.1) is 0 Å². The number of piperidine rings is 1. The first-order chi connectivity index (χ1) is 11.3. The van der Waals surface area contributed by atoms with Crippen molar-refractivity contribution in [2.45, 2.75) is 37.6 Å². The fourth-order valence-corrected chi connectivity index (χ4v) is 5.03. The van der Waals surface area contributed by atoms with E-state index >= 15 is 0 Å². The van der Waals surface area contributed by atoms with Gasteiger partial charge in [0, 0.05) is 37.9 Å². The summed E-state index contributed by atoms with van der Waals surface area (Å²) >= 11 is 0. The predicted octanol–water partition coefficient (Wildman–Crippen LogP) is 1.83. The molecule has 136 valence electrons. The van der Waals surface area contributed by atoms with Crippen LogP contribution in [0.25, 0.3) is 0 Å². The van der Waals surface area contributed by atoms with Gasteiger partial charge in [-0.05, 0) is 45.1 Å². The summed E-state index contributed by atoms with van der Waals surface area (Å²) in [7, 11) is 0.662. The Bertz CT molecular complexity index is 649. The molecular formula is C17H30N4O2S. The Hall–Kier alpha value is -1.31. The lowest BCUT2D eigenvalue weighted by molar-refractivity contribution is 0.249. The number of nitrogens with two attached hydrogens (primary N) is 1. The topological polar surface area (TPSA) is 69.9 Å². The molecule has 2 N–H and O–H groups in total. The second kappa shape index (κ2) is 7.72. The van der Waals surface area contributed by atoms with Gasteiger partial charge < -0.3 is 15.5 Å². The molecule has 1 aliphatic rings. The van der Waals surface area contributed by atoms with Crippen LogP contribution in [0.3, 0.4) is 0 Å². The number of benzene rings is 1. The molecule has 1 heterocycles. The minimum absolute atomic E-state index is 0.328. The van der Waals surface area contributed by atoms with Gasteiger partial charge in [-0.1, -0.05) is 13.8 Å². The van der Waals surface area contributed by atoms with Crippen LogP contribution >= 0.6 is 0 Å². The summed E-state index contributed by atoms with van der Waals surface area (Å²) in [5.41, 5.74) is 7.14. The molecule has 2 rings (SSSR count). The SMILES string of the molecule is CCN(CC)S(=O)(=O)c1cc(N)ccc1N1CCC(N(C)C)CC1. The van der Waals surface area contributed by atoms with E-state index in [-0.39, 0.29) is 0 Å². The molecule has 1 aromatic rings. The highest BCUT2D eigenvalue weighted by molar-refractivity contribution is 7.89. The Morgan fingerprint density at radius 3 is 2.25 bits per heavy atom. The summed E-state index contributed by atoms with van der Waals surface area (Å²) in [6.45, 7) is 6.33. The molecule has 0 radical (unpaired) electrons. The van der Waals surface area contributed by atoms with E-state index in [2.05, 4.69) is 23.9 Å². The van der Waals surface area contributed by atoms with Crippen LogP contribution in [0.1, 0.15) is 26.7 Å². The van der Waals surface area contributed by atoms with E-state index < -0.39 is 10.0 Å². The van der Waals surface area contributed by atoms with Gasteiger partial charge >= 0.3 is 0 Å². The highest BCUT2D eigenvalue weighted by atomic mass is 32.2. The second-order valence-electron chi connectivity index (χ2n) is 6.50. The van der Waals surface area contributed by atoms with Gasteiger partial charge in [0.05, 0.1) is 5.69 Å². The summed E-state index contributed by atoms with van der Waals surface area (Å²) in [4.78, 5) is 4.75. The van der Waals surface area contributed by atoms with Gasteiger partial charge in [0.2, 0.25) is 10.0 Å². The first-order valence-corrected chi connectivity index (χ1v) is 10.1. The van der Waals surface area contributed by atoms with E-state index in [0.717, 1.165) is 31.6 Å². The molecule has 1 saturated heterocycles. The van der Waals surface area contributed by atoms with E-state index in [1.165, 1.54) is 4.31 Å². The molecule has 0 spiro atoms. The van der Waals surface area contributed by atoms with Crippen molar-refractivity contribution in [3.8, 4) is 0 Å². The quantitative estimate of drug-likeness (QED) is 0.789. The Morgan fingerprint density at radius 2 is 1.75 bits per heavy atom. The molecule has 0 aliphatic carbocycles. The summed E-state index contributed by atoms with van der Waals surface area (Å²) in [5.74, 6) is 0. The summed E-state index contributed by atoms with van der Waals surface area (Å²) in [6.07, 6.45) is 2.06. The number of hydrogen-bond acceptors (Lipinski definition) is 5. The van der Waals surface area contributed by atoms with Gasteiger partial charge in [0.1, 0.15) is 4.90 Å². The highest BCUT2D eigenvalue weighted by Gasteiger charge is 2.29. The Balaban J connectivity index is 2.36. The standard InChI is InChI=1S/C17H30N4O2S/c1-5-21(6-2)24(22,23)17-13-14(18)7-8-16(17)20-11-9-15(10-12-20)19(3)4/h7-8,13,15H,5-6,9-12,18H2,1-4H3. The molecule has 0 atom stereocenters. The van der Waals surface area contributed by atoms with E-state index in [4.69, 9.17) is 5.73 Å². The third-order valence-corrected chi connectivity index (χ3v) is 6.92. The largest absolute Gasteiger partial charge is 0.399 e. The third-order valence-electron chi connectivity index (χ3n) is 4.84. The zero-order valence-corrected chi connectivity index (χ0v) is 16.0. The Labute approximate surface area is 146 Å². The molecular weight excluding hydrogens is 324 g/mol. The van der Waals surface area contributed by atoms with Gasteiger partial charge in [-0.25, -0.2) is 8.42 Å². The molecule has 0 aromatic heterocycles. The van der Waals surface area contributed by atoms with Crippen LogP contribution < -0.4 is 10.6 Å². The van der Waals surface area contributed by atoms with Crippen molar-refractivity contribution in [2.75, 3.05) is 50.9 Å². The Morgan fingerprint density at radius 1 is 1.17 bits per heavy atom. The average Bonchev–Trinajstić information content (AvgIpc) is 2.55. The molecule has 0 saturated carbocycles. The van der Waals surface area contributed by atoms with Crippen molar-refractivity contribution >= 4 is 21.4 Å². The minimum Gasteiger partial charge on any atom is -0.399 e. The minimum atomic E-state index is -3.53. The van der Waals surface area contributed by atoms with Crippen molar-refractivity contribution in [3.05, 3.63) is 18.2 Å². The third kappa shape index (κ3) is 3.84. The molecule has 0 amide bonds. The zero-order chi connectivity index (χ0) is 17.9. The summed E-state index contributed by atoms with van der Waals surface area (Å²) in [5, 5.41) is 0. The molecule has 1 aromatic carbocycles. The van der Waals surface area contributed by atoms with Crippen molar-refractivity contribution in [2.24, 2.45) is 0 Å². The maximum Gasteiger partial charge on any atom is 0.245 e. The zero-order valence-electron chi connectivity index (χ0n) is 15.2. The van der Waals surface area contributed by atoms with Crippen LogP contribution in [0.15, 0.2) is 23.1 Å². The molecule has 1 aliphatic heterocycles. The molecule has 0 unspecified atom stereocenters. The molecule has 0 bridgehead atoms. The molecule has 7 heteroatoms. The first kappa shape index (κ1) is 19.0. The van der Waals surface area contributed by atoms with Crippen LogP contribution in [-0.2, 0) is 10.0 Å². The average molecular weight is 355 g/mol. The van der Waals surface area contributed by atoms with E-state index in [9.17, 15) is 8.42 Å².